The predicted molar refractivity (Wildman–Crippen MR) is 111 cm³/mol. The first kappa shape index (κ1) is 17.9. The van der Waals surface area contributed by atoms with Crippen LogP contribution in [0.15, 0.2) is 76.6 Å². The van der Waals surface area contributed by atoms with Crippen molar-refractivity contribution in [3.05, 3.63) is 82.8 Å². The highest BCUT2D eigenvalue weighted by Crippen LogP contribution is 2.26. The Morgan fingerprint density at radius 3 is 2.64 bits per heavy atom. The van der Waals surface area contributed by atoms with Crippen molar-refractivity contribution < 1.29 is 5.11 Å². The van der Waals surface area contributed by atoms with Gasteiger partial charge in [0, 0.05) is 18.3 Å². The number of imidazole rings is 1. The minimum Gasteiger partial charge on any atom is -0.396 e. The molecule has 2 aromatic heterocycles. The maximum atomic E-state index is 12.5. The summed E-state index contributed by atoms with van der Waals surface area (Å²) < 4.78 is 0. The fourth-order valence-electron chi connectivity index (χ4n) is 3.14. The number of hydrogen-bond donors (Lipinski definition) is 3. The maximum absolute atomic E-state index is 12.5. The van der Waals surface area contributed by atoms with Crippen LogP contribution in [0.4, 0.5) is 5.69 Å². The van der Waals surface area contributed by atoms with Crippen LogP contribution in [0.3, 0.4) is 0 Å². The second kappa shape index (κ2) is 8.02. The fraction of sp³-hybridized carbons (Fsp3) is 0.136. The van der Waals surface area contributed by atoms with Gasteiger partial charge in [-0.1, -0.05) is 42.5 Å². The molecule has 3 N–H and O–H groups in total. The van der Waals surface area contributed by atoms with Gasteiger partial charge < -0.3 is 15.1 Å². The number of aromatic nitrogens is 3. The molecule has 28 heavy (non-hydrogen) atoms. The van der Waals surface area contributed by atoms with Crippen LogP contribution in [-0.2, 0) is 6.42 Å². The molecule has 4 aromatic rings. The van der Waals surface area contributed by atoms with Crippen LogP contribution in [0.25, 0.3) is 22.4 Å². The molecule has 140 valence electrons. The third-order valence-corrected chi connectivity index (χ3v) is 4.56. The average Bonchev–Trinajstić information content (AvgIpc) is 3.15. The monoisotopic (exact) mass is 372 g/mol. The van der Waals surface area contributed by atoms with Gasteiger partial charge in [0.15, 0.2) is 0 Å². The lowest BCUT2D eigenvalue weighted by molar-refractivity contribution is 0.263. The van der Waals surface area contributed by atoms with Gasteiger partial charge in [0.25, 0.3) is 5.56 Å². The Balaban J connectivity index is 1.67. The molecular formula is C22H20N4O2. The van der Waals surface area contributed by atoms with Gasteiger partial charge >= 0.3 is 0 Å². The van der Waals surface area contributed by atoms with Crippen molar-refractivity contribution in [3.8, 4) is 11.4 Å². The van der Waals surface area contributed by atoms with Crippen LogP contribution >= 0.6 is 0 Å². The molecule has 0 fully saturated rings. The number of aliphatic imine (C=N–C) groups is 1. The van der Waals surface area contributed by atoms with E-state index in [9.17, 15) is 9.90 Å². The Hall–Kier alpha value is -3.51. The Labute approximate surface area is 161 Å². The lowest BCUT2D eigenvalue weighted by Crippen LogP contribution is -2.12. The number of aliphatic hydroxyl groups excluding tert-OH is 1. The molecule has 6 nitrogen and oxygen atoms in total. The summed E-state index contributed by atoms with van der Waals surface area (Å²) in [5.41, 5.74) is 3.38. The first-order valence-corrected chi connectivity index (χ1v) is 9.10. The zero-order chi connectivity index (χ0) is 19.3. The maximum Gasteiger partial charge on any atom is 0.261 e. The minimum absolute atomic E-state index is 0.0262. The van der Waals surface area contributed by atoms with E-state index in [1.807, 2.05) is 54.6 Å². The molecule has 1 unspecified atom stereocenters. The van der Waals surface area contributed by atoms with Gasteiger partial charge in [0.1, 0.15) is 11.4 Å². The van der Waals surface area contributed by atoms with Crippen LogP contribution < -0.4 is 5.56 Å². The van der Waals surface area contributed by atoms with Crippen molar-refractivity contribution in [2.24, 2.45) is 10.9 Å². The average molecular weight is 372 g/mol. The van der Waals surface area contributed by atoms with Gasteiger partial charge in [0.2, 0.25) is 0 Å². The summed E-state index contributed by atoms with van der Waals surface area (Å²) in [5, 5.41) is 9.72. The van der Waals surface area contributed by atoms with E-state index in [0.717, 1.165) is 16.6 Å². The summed E-state index contributed by atoms with van der Waals surface area (Å²) in [5.74, 6) is 0.323. The quantitative estimate of drug-likeness (QED) is 0.452. The third-order valence-electron chi connectivity index (χ3n) is 4.56. The van der Waals surface area contributed by atoms with Crippen molar-refractivity contribution in [1.29, 1.82) is 0 Å². The van der Waals surface area contributed by atoms with Crippen molar-refractivity contribution in [2.75, 3.05) is 6.61 Å². The second-order valence-electron chi connectivity index (χ2n) is 6.58. The molecule has 2 heterocycles. The minimum atomic E-state index is -0.266. The molecule has 0 saturated heterocycles. The number of fused-ring (bicyclic) bond motifs is 1. The Morgan fingerprint density at radius 2 is 1.86 bits per heavy atom. The topological polar surface area (TPSA) is 94.1 Å². The van der Waals surface area contributed by atoms with Gasteiger partial charge in [-0.05, 0) is 30.2 Å². The molecule has 0 spiro atoms. The summed E-state index contributed by atoms with van der Waals surface area (Å²) >= 11 is 0. The normalized spacial score (nSPS) is 12.6. The molecule has 0 aliphatic rings. The van der Waals surface area contributed by atoms with Crippen LogP contribution in [0.2, 0.25) is 0 Å². The molecule has 0 saturated carbocycles. The van der Waals surface area contributed by atoms with E-state index in [2.05, 4.69) is 19.9 Å². The molecule has 0 radical (unpaired) electrons. The summed E-state index contributed by atoms with van der Waals surface area (Å²) in [4.78, 5) is 27.4. The van der Waals surface area contributed by atoms with E-state index in [0.29, 0.717) is 23.5 Å². The molecule has 2 aromatic carbocycles. The molecule has 0 amide bonds. The molecule has 1 atom stereocenters. The number of aliphatic hydroxyl groups is 1. The molecule has 0 aliphatic carbocycles. The summed E-state index contributed by atoms with van der Waals surface area (Å²) in [6.07, 6.45) is 3.93. The van der Waals surface area contributed by atoms with E-state index >= 15 is 0 Å². The van der Waals surface area contributed by atoms with E-state index in [1.54, 1.807) is 18.5 Å². The number of para-hydroxylation sites is 2. The Kier molecular flexibility index (Phi) is 5.12. The second-order valence-corrected chi connectivity index (χ2v) is 6.58. The zero-order valence-electron chi connectivity index (χ0n) is 15.2. The Bertz CT molecular complexity index is 1130. The van der Waals surface area contributed by atoms with Crippen LogP contribution in [0, 0.1) is 5.92 Å². The summed E-state index contributed by atoms with van der Waals surface area (Å²) in [7, 11) is 0. The Morgan fingerprint density at radius 1 is 1.07 bits per heavy atom. The number of H-pyrrole nitrogens is 2. The third kappa shape index (κ3) is 3.77. The smallest absolute Gasteiger partial charge is 0.261 e. The molecule has 6 heteroatoms. The van der Waals surface area contributed by atoms with Crippen molar-refractivity contribution in [3.63, 3.8) is 0 Å². The van der Waals surface area contributed by atoms with E-state index in [1.165, 1.54) is 0 Å². The molecular weight excluding hydrogens is 352 g/mol. The van der Waals surface area contributed by atoms with Gasteiger partial charge in [-0.15, -0.1) is 0 Å². The lowest BCUT2D eigenvalue weighted by Gasteiger charge is -2.09. The first-order valence-electron chi connectivity index (χ1n) is 9.10. The number of nitrogens with zero attached hydrogens (tertiary/aromatic N) is 2. The van der Waals surface area contributed by atoms with Crippen molar-refractivity contribution in [2.45, 2.75) is 6.42 Å². The highest BCUT2D eigenvalue weighted by Gasteiger charge is 2.14. The van der Waals surface area contributed by atoms with Gasteiger partial charge in [-0.25, -0.2) is 4.98 Å². The number of rotatable bonds is 6. The lowest BCUT2D eigenvalue weighted by atomic mass is 10.0. The number of nitrogens with one attached hydrogen (secondary N) is 2. The van der Waals surface area contributed by atoms with Crippen LogP contribution in [-0.4, -0.2) is 32.9 Å². The summed E-state index contributed by atoms with van der Waals surface area (Å²) in [6, 6.07) is 19.3. The molecule has 0 bridgehead atoms. The highest BCUT2D eigenvalue weighted by molar-refractivity contribution is 5.83. The fourth-order valence-corrected chi connectivity index (χ4v) is 3.14. The van der Waals surface area contributed by atoms with Gasteiger partial charge in [0.05, 0.1) is 23.3 Å². The van der Waals surface area contributed by atoms with E-state index in [4.69, 9.17) is 0 Å². The van der Waals surface area contributed by atoms with Crippen molar-refractivity contribution >= 4 is 22.9 Å². The van der Waals surface area contributed by atoms with Crippen molar-refractivity contribution in [1.82, 2.24) is 15.0 Å². The van der Waals surface area contributed by atoms with Gasteiger partial charge in [-0.2, -0.15) is 0 Å². The predicted octanol–water partition coefficient (Wildman–Crippen LogP) is 3.47. The number of benzene rings is 2. The summed E-state index contributed by atoms with van der Waals surface area (Å²) in [6.45, 7) is -0.0262. The molecule has 4 rings (SSSR count). The number of aromatic amines is 2. The standard InChI is InChI=1S/C22H20N4O2/c27-14-16(12-15-6-2-1-3-7-15)13-24-19-10-11-23-22(28)20(19)21-25-17-8-4-5-9-18(17)26-21/h1-11,13,16,27H,12,14H2,(H,23,28)(H,25,26). The van der Waals surface area contributed by atoms with Crippen LogP contribution in [0.1, 0.15) is 5.56 Å². The van der Waals surface area contributed by atoms with Gasteiger partial charge in [-0.3, -0.25) is 9.79 Å². The highest BCUT2D eigenvalue weighted by atomic mass is 16.3. The number of pyridine rings is 1. The van der Waals surface area contributed by atoms with E-state index < -0.39 is 0 Å². The first-order chi connectivity index (χ1) is 13.7. The SMILES string of the molecule is O=c1[nH]ccc(N=CC(CO)Cc2ccccc2)c1-c1nc2ccccc2[nH]1. The zero-order valence-corrected chi connectivity index (χ0v) is 15.2. The largest absolute Gasteiger partial charge is 0.396 e. The van der Waals surface area contributed by atoms with Crippen LogP contribution in [0.5, 0.6) is 0 Å². The number of hydrogen-bond acceptors (Lipinski definition) is 4. The van der Waals surface area contributed by atoms with E-state index in [-0.39, 0.29) is 18.1 Å². The molecule has 0 aliphatic heterocycles.